The first-order valence-corrected chi connectivity index (χ1v) is 6.31. The molecule has 0 saturated carbocycles. The van der Waals surface area contributed by atoms with Gasteiger partial charge in [-0.1, -0.05) is 0 Å². The topological polar surface area (TPSA) is 38.3 Å². The summed E-state index contributed by atoms with van der Waals surface area (Å²) < 4.78 is 41.3. The SMILES string of the molecule is COc1ccc(Br)c(C(=O)NCCCC(F)(F)F)c1. The first-order chi connectivity index (χ1) is 8.83. The second kappa shape index (κ2) is 6.79. The number of rotatable bonds is 5. The number of amides is 1. The zero-order valence-corrected chi connectivity index (χ0v) is 11.8. The van der Waals surface area contributed by atoms with Gasteiger partial charge in [0.05, 0.1) is 12.7 Å². The van der Waals surface area contributed by atoms with Crippen LogP contribution < -0.4 is 10.1 Å². The Bertz CT molecular complexity index is 449. The van der Waals surface area contributed by atoms with Gasteiger partial charge in [-0.25, -0.2) is 0 Å². The Morgan fingerprint density at radius 1 is 1.42 bits per heavy atom. The molecule has 0 bridgehead atoms. The summed E-state index contributed by atoms with van der Waals surface area (Å²) >= 11 is 3.20. The third-order valence-electron chi connectivity index (χ3n) is 2.34. The van der Waals surface area contributed by atoms with Crippen LogP contribution in [-0.2, 0) is 0 Å². The van der Waals surface area contributed by atoms with Crippen molar-refractivity contribution in [3.8, 4) is 5.75 Å². The lowest BCUT2D eigenvalue weighted by molar-refractivity contribution is -0.135. The molecule has 0 fully saturated rings. The number of alkyl halides is 3. The van der Waals surface area contributed by atoms with Crippen LogP contribution in [0, 0.1) is 0 Å². The summed E-state index contributed by atoms with van der Waals surface area (Å²) in [6.45, 7) is -0.0258. The van der Waals surface area contributed by atoms with Gasteiger partial charge in [0.2, 0.25) is 0 Å². The molecule has 19 heavy (non-hydrogen) atoms. The first-order valence-electron chi connectivity index (χ1n) is 5.52. The second-order valence-corrected chi connectivity index (χ2v) is 4.67. The van der Waals surface area contributed by atoms with Crippen LogP contribution in [0.4, 0.5) is 13.2 Å². The molecular weight excluding hydrogens is 327 g/mol. The van der Waals surface area contributed by atoms with Gasteiger partial charge in [-0.2, -0.15) is 13.2 Å². The van der Waals surface area contributed by atoms with Gasteiger partial charge >= 0.3 is 6.18 Å². The Morgan fingerprint density at radius 3 is 2.68 bits per heavy atom. The highest BCUT2D eigenvalue weighted by Gasteiger charge is 2.26. The van der Waals surface area contributed by atoms with Crippen LogP contribution in [0.25, 0.3) is 0 Å². The molecule has 0 spiro atoms. The number of hydrogen-bond acceptors (Lipinski definition) is 2. The fourth-order valence-corrected chi connectivity index (χ4v) is 1.82. The van der Waals surface area contributed by atoms with E-state index in [1.165, 1.54) is 13.2 Å². The van der Waals surface area contributed by atoms with Gasteiger partial charge in [0, 0.05) is 17.4 Å². The summed E-state index contributed by atoms with van der Waals surface area (Å²) in [4.78, 5) is 11.8. The Labute approximate surface area is 117 Å². The van der Waals surface area contributed by atoms with E-state index in [9.17, 15) is 18.0 Å². The fourth-order valence-electron chi connectivity index (χ4n) is 1.39. The number of halogens is 4. The van der Waals surface area contributed by atoms with E-state index in [-0.39, 0.29) is 13.0 Å². The summed E-state index contributed by atoms with van der Waals surface area (Å²) in [6.07, 6.45) is -5.25. The van der Waals surface area contributed by atoms with Gasteiger partial charge in [-0.3, -0.25) is 4.79 Å². The maximum absolute atomic E-state index is 11.9. The van der Waals surface area contributed by atoms with Gasteiger partial charge in [0.1, 0.15) is 5.75 Å². The van der Waals surface area contributed by atoms with Gasteiger partial charge < -0.3 is 10.1 Å². The van der Waals surface area contributed by atoms with E-state index in [1.54, 1.807) is 12.1 Å². The molecule has 106 valence electrons. The molecule has 1 amide bonds. The standard InChI is InChI=1S/C12H13BrF3NO2/c1-19-8-3-4-10(13)9(7-8)11(18)17-6-2-5-12(14,15)16/h3-4,7H,2,5-6H2,1H3,(H,17,18). The van der Waals surface area contributed by atoms with Crippen LogP contribution in [0.1, 0.15) is 23.2 Å². The molecule has 7 heteroatoms. The number of carbonyl (C=O) groups is 1. The van der Waals surface area contributed by atoms with E-state index in [2.05, 4.69) is 21.2 Å². The van der Waals surface area contributed by atoms with Gasteiger partial charge in [-0.05, 0) is 40.5 Å². The number of nitrogens with one attached hydrogen (secondary N) is 1. The Balaban J connectivity index is 2.54. The molecule has 0 aliphatic carbocycles. The van der Waals surface area contributed by atoms with Crippen LogP contribution >= 0.6 is 15.9 Å². The minimum Gasteiger partial charge on any atom is -0.497 e. The zero-order valence-electron chi connectivity index (χ0n) is 10.2. The monoisotopic (exact) mass is 339 g/mol. The zero-order chi connectivity index (χ0) is 14.5. The number of hydrogen-bond donors (Lipinski definition) is 1. The number of methoxy groups -OCH3 is 1. The Hall–Kier alpha value is -1.24. The minimum atomic E-state index is -4.19. The van der Waals surface area contributed by atoms with Crippen LogP contribution in [0.2, 0.25) is 0 Å². The summed E-state index contributed by atoms with van der Waals surface area (Å²) in [5, 5.41) is 2.44. The molecule has 0 heterocycles. The maximum Gasteiger partial charge on any atom is 0.389 e. The smallest absolute Gasteiger partial charge is 0.389 e. The van der Waals surface area contributed by atoms with E-state index in [1.807, 2.05) is 0 Å². The molecule has 0 aliphatic rings. The van der Waals surface area contributed by atoms with Gasteiger partial charge in [0.15, 0.2) is 0 Å². The maximum atomic E-state index is 11.9. The minimum absolute atomic E-state index is 0.0258. The van der Waals surface area contributed by atoms with Crippen molar-refractivity contribution in [2.75, 3.05) is 13.7 Å². The number of carbonyl (C=O) groups excluding carboxylic acids is 1. The molecule has 0 saturated heterocycles. The molecule has 1 aromatic rings. The normalized spacial score (nSPS) is 11.2. The summed E-state index contributed by atoms with van der Waals surface area (Å²) in [7, 11) is 1.47. The molecule has 3 nitrogen and oxygen atoms in total. The molecule has 0 atom stereocenters. The molecule has 0 aliphatic heterocycles. The molecule has 0 unspecified atom stereocenters. The van der Waals surface area contributed by atoms with Crippen LogP contribution in [-0.4, -0.2) is 25.7 Å². The quantitative estimate of drug-likeness (QED) is 0.833. The van der Waals surface area contributed by atoms with E-state index in [4.69, 9.17) is 4.74 Å². The fraction of sp³-hybridized carbons (Fsp3) is 0.417. The van der Waals surface area contributed by atoms with Gasteiger partial charge in [-0.15, -0.1) is 0 Å². The van der Waals surface area contributed by atoms with Crippen molar-refractivity contribution in [2.24, 2.45) is 0 Å². The highest BCUT2D eigenvalue weighted by atomic mass is 79.9. The molecule has 1 rings (SSSR count). The molecule has 1 N–H and O–H groups in total. The highest BCUT2D eigenvalue weighted by molar-refractivity contribution is 9.10. The largest absolute Gasteiger partial charge is 0.497 e. The van der Waals surface area contributed by atoms with Crippen LogP contribution in [0.3, 0.4) is 0 Å². The van der Waals surface area contributed by atoms with Crippen molar-refractivity contribution in [1.82, 2.24) is 5.32 Å². The lowest BCUT2D eigenvalue weighted by Gasteiger charge is -2.09. The van der Waals surface area contributed by atoms with Crippen molar-refractivity contribution in [2.45, 2.75) is 19.0 Å². The van der Waals surface area contributed by atoms with Crippen molar-refractivity contribution < 1.29 is 22.7 Å². The average Bonchev–Trinajstić information content (AvgIpc) is 2.34. The summed E-state index contributed by atoms with van der Waals surface area (Å²) in [5.41, 5.74) is 0.325. The first kappa shape index (κ1) is 15.8. The average molecular weight is 340 g/mol. The third-order valence-corrected chi connectivity index (χ3v) is 3.03. The number of benzene rings is 1. The predicted molar refractivity (Wildman–Crippen MR) is 68.3 cm³/mol. The van der Waals surface area contributed by atoms with Gasteiger partial charge in [0.25, 0.3) is 5.91 Å². The summed E-state index contributed by atoms with van der Waals surface area (Å²) in [5.74, 6) is 0.0663. The predicted octanol–water partition coefficient (Wildman–Crippen LogP) is 3.53. The van der Waals surface area contributed by atoms with Crippen molar-refractivity contribution >= 4 is 21.8 Å². The molecular formula is C12H13BrF3NO2. The molecule has 0 radical (unpaired) electrons. The van der Waals surface area contributed by atoms with E-state index in [0.29, 0.717) is 15.8 Å². The molecule has 1 aromatic carbocycles. The van der Waals surface area contributed by atoms with E-state index >= 15 is 0 Å². The second-order valence-electron chi connectivity index (χ2n) is 3.82. The lowest BCUT2D eigenvalue weighted by Crippen LogP contribution is -2.25. The van der Waals surface area contributed by atoms with Crippen LogP contribution in [0.5, 0.6) is 5.75 Å². The Morgan fingerprint density at radius 2 is 2.11 bits per heavy atom. The molecule has 0 aromatic heterocycles. The van der Waals surface area contributed by atoms with Crippen LogP contribution in [0.15, 0.2) is 22.7 Å². The third kappa shape index (κ3) is 5.50. The van der Waals surface area contributed by atoms with Crippen molar-refractivity contribution in [1.29, 1.82) is 0 Å². The van der Waals surface area contributed by atoms with E-state index in [0.717, 1.165) is 0 Å². The summed E-state index contributed by atoms with van der Waals surface area (Å²) in [6, 6.07) is 4.83. The highest BCUT2D eigenvalue weighted by Crippen LogP contribution is 2.23. The Kier molecular flexibility index (Phi) is 5.65. The van der Waals surface area contributed by atoms with Crippen molar-refractivity contribution in [3.05, 3.63) is 28.2 Å². The van der Waals surface area contributed by atoms with E-state index < -0.39 is 18.5 Å². The number of ether oxygens (including phenoxy) is 1. The van der Waals surface area contributed by atoms with Crippen molar-refractivity contribution in [3.63, 3.8) is 0 Å². The lowest BCUT2D eigenvalue weighted by atomic mass is 10.2.